The molecule has 4 heteroatoms. The van der Waals surface area contributed by atoms with Gasteiger partial charge in [0.2, 0.25) is 0 Å². The smallest absolute Gasteiger partial charge is 0.0773 e. The van der Waals surface area contributed by atoms with Gasteiger partial charge in [-0.2, -0.15) is 0 Å². The summed E-state index contributed by atoms with van der Waals surface area (Å²) in [6.07, 6.45) is 4.34. The molecule has 0 aliphatic rings. The Morgan fingerprint density at radius 3 is 2.56 bits per heavy atom. The number of hydrogen-bond donors (Lipinski definition) is 2. The summed E-state index contributed by atoms with van der Waals surface area (Å²) in [5.41, 5.74) is 7.11. The third kappa shape index (κ3) is 2.91. The molecule has 1 unspecified atom stereocenters. The SMILES string of the molecule is Cc1cnc(C(Cc2ccccc2C)NN)cn1. The number of hydrazine groups is 1. The van der Waals surface area contributed by atoms with E-state index < -0.39 is 0 Å². The number of nitrogens with one attached hydrogen (secondary N) is 1. The minimum atomic E-state index is -0.0146. The molecular weight excluding hydrogens is 224 g/mol. The van der Waals surface area contributed by atoms with E-state index in [9.17, 15) is 0 Å². The van der Waals surface area contributed by atoms with Crippen LogP contribution >= 0.6 is 0 Å². The number of nitrogens with zero attached hydrogens (tertiary/aromatic N) is 2. The van der Waals surface area contributed by atoms with E-state index in [0.29, 0.717) is 0 Å². The minimum absolute atomic E-state index is 0.0146. The molecule has 0 radical (unpaired) electrons. The van der Waals surface area contributed by atoms with E-state index in [-0.39, 0.29) is 6.04 Å². The summed E-state index contributed by atoms with van der Waals surface area (Å²) in [5, 5.41) is 0. The zero-order valence-corrected chi connectivity index (χ0v) is 10.7. The molecule has 18 heavy (non-hydrogen) atoms. The number of aromatic nitrogens is 2. The van der Waals surface area contributed by atoms with Gasteiger partial charge >= 0.3 is 0 Å². The summed E-state index contributed by atoms with van der Waals surface area (Å²) in [7, 11) is 0. The number of aryl methyl sites for hydroxylation is 2. The summed E-state index contributed by atoms with van der Waals surface area (Å²) < 4.78 is 0. The van der Waals surface area contributed by atoms with Crippen molar-refractivity contribution in [3.8, 4) is 0 Å². The van der Waals surface area contributed by atoms with Crippen LogP contribution < -0.4 is 11.3 Å². The molecule has 1 atom stereocenters. The Labute approximate surface area is 107 Å². The second-order valence-corrected chi connectivity index (χ2v) is 4.43. The number of hydrogen-bond acceptors (Lipinski definition) is 4. The molecule has 1 aromatic heterocycles. The molecule has 0 saturated heterocycles. The molecule has 0 aliphatic carbocycles. The van der Waals surface area contributed by atoms with Gasteiger partial charge in [0, 0.05) is 6.20 Å². The number of nitrogens with two attached hydrogens (primary N) is 1. The number of benzene rings is 1. The zero-order chi connectivity index (χ0) is 13.0. The molecule has 2 rings (SSSR count). The maximum absolute atomic E-state index is 5.62. The summed E-state index contributed by atoms with van der Waals surface area (Å²) in [5.74, 6) is 5.62. The molecule has 0 aliphatic heterocycles. The van der Waals surface area contributed by atoms with Crippen molar-refractivity contribution in [3.05, 3.63) is 59.2 Å². The lowest BCUT2D eigenvalue weighted by Crippen LogP contribution is -2.30. The van der Waals surface area contributed by atoms with Crippen LogP contribution in [-0.4, -0.2) is 9.97 Å². The van der Waals surface area contributed by atoms with E-state index in [0.717, 1.165) is 17.8 Å². The number of rotatable bonds is 4. The lowest BCUT2D eigenvalue weighted by molar-refractivity contribution is 0.534. The molecule has 0 saturated carbocycles. The van der Waals surface area contributed by atoms with Crippen LogP contribution in [0.3, 0.4) is 0 Å². The monoisotopic (exact) mass is 242 g/mol. The van der Waals surface area contributed by atoms with E-state index in [1.807, 2.05) is 19.1 Å². The molecule has 0 amide bonds. The molecule has 1 heterocycles. The predicted molar refractivity (Wildman–Crippen MR) is 71.7 cm³/mol. The highest BCUT2D eigenvalue weighted by Gasteiger charge is 2.13. The highest BCUT2D eigenvalue weighted by Crippen LogP contribution is 2.17. The highest BCUT2D eigenvalue weighted by molar-refractivity contribution is 5.27. The predicted octanol–water partition coefficient (Wildman–Crippen LogP) is 1.84. The fourth-order valence-electron chi connectivity index (χ4n) is 1.89. The van der Waals surface area contributed by atoms with Crippen LogP contribution in [0.15, 0.2) is 36.7 Å². The van der Waals surface area contributed by atoms with Crippen molar-refractivity contribution in [3.63, 3.8) is 0 Å². The molecule has 2 aromatic rings. The Bertz CT molecular complexity index is 507. The topological polar surface area (TPSA) is 63.8 Å². The second kappa shape index (κ2) is 5.71. The van der Waals surface area contributed by atoms with Gasteiger partial charge in [-0.1, -0.05) is 24.3 Å². The Morgan fingerprint density at radius 1 is 1.17 bits per heavy atom. The molecule has 94 valence electrons. The third-order valence-corrected chi connectivity index (χ3v) is 3.04. The van der Waals surface area contributed by atoms with Crippen molar-refractivity contribution in [1.82, 2.24) is 15.4 Å². The van der Waals surface area contributed by atoms with Crippen LogP contribution in [0.25, 0.3) is 0 Å². The van der Waals surface area contributed by atoms with Gasteiger partial charge in [0.15, 0.2) is 0 Å². The summed E-state index contributed by atoms with van der Waals surface area (Å²) in [6.45, 7) is 4.02. The van der Waals surface area contributed by atoms with Crippen molar-refractivity contribution in [1.29, 1.82) is 0 Å². The Balaban J connectivity index is 2.20. The summed E-state index contributed by atoms with van der Waals surface area (Å²) >= 11 is 0. The molecule has 1 aromatic carbocycles. The highest BCUT2D eigenvalue weighted by atomic mass is 15.2. The van der Waals surface area contributed by atoms with Crippen molar-refractivity contribution >= 4 is 0 Å². The maximum atomic E-state index is 5.62. The first-order valence-electron chi connectivity index (χ1n) is 6.00. The van der Waals surface area contributed by atoms with Gasteiger partial charge in [-0.25, -0.2) is 0 Å². The van der Waals surface area contributed by atoms with Crippen LogP contribution in [0.4, 0.5) is 0 Å². The van der Waals surface area contributed by atoms with Crippen molar-refractivity contribution in [2.24, 2.45) is 5.84 Å². The maximum Gasteiger partial charge on any atom is 0.0773 e. The van der Waals surface area contributed by atoms with Gasteiger partial charge in [0.1, 0.15) is 0 Å². The van der Waals surface area contributed by atoms with Crippen molar-refractivity contribution in [2.75, 3.05) is 0 Å². The molecule has 0 fully saturated rings. The van der Waals surface area contributed by atoms with Gasteiger partial charge in [-0.15, -0.1) is 0 Å². The van der Waals surface area contributed by atoms with Gasteiger partial charge < -0.3 is 0 Å². The first-order valence-corrected chi connectivity index (χ1v) is 6.00. The van der Waals surface area contributed by atoms with Gasteiger partial charge in [-0.3, -0.25) is 21.2 Å². The molecule has 4 nitrogen and oxygen atoms in total. The van der Waals surface area contributed by atoms with E-state index in [2.05, 4.69) is 34.5 Å². The van der Waals surface area contributed by atoms with Crippen LogP contribution in [-0.2, 0) is 6.42 Å². The van der Waals surface area contributed by atoms with E-state index in [1.165, 1.54) is 11.1 Å². The zero-order valence-electron chi connectivity index (χ0n) is 10.7. The first-order chi connectivity index (χ1) is 8.70. The van der Waals surface area contributed by atoms with E-state index in [1.54, 1.807) is 12.4 Å². The quantitative estimate of drug-likeness (QED) is 0.634. The van der Waals surface area contributed by atoms with Crippen LogP contribution in [0.2, 0.25) is 0 Å². The van der Waals surface area contributed by atoms with Crippen molar-refractivity contribution in [2.45, 2.75) is 26.3 Å². The fraction of sp³-hybridized carbons (Fsp3) is 0.286. The molecule has 3 N–H and O–H groups in total. The lowest BCUT2D eigenvalue weighted by Gasteiger charge is -2.16. The Hall–Kier alpha value is -1.78. The van der Waals surface area contributed by atoms with Crippen LogP contribution in [0.5, 0.6) is 0 Å². The van der Waals surface area contributed by atoms with Crippen LogP contribution in [0.1, 0.15) is 28.6 Å². The van der Waals surface area contributed by atoms with Gasteiger partial charge in [0.25, 0.3) is 0 Å². The van der Waals surface area contributed by atoms with Crippen LogP contribution in [0, 0.1) is 13.8 Å². The van der Waals surface area contributed by atoms with Crippen molar-refractivity contribution < 1.29 is 0 Å². The average molecular weight is 242 g/mol. The standard InChI is InChI=1S/C14H18N4/c1-10-5-3-4-6-12(10)7-13(18-15)14-9-16-11(2)8-17-14/h3-6,8-9,13,18H,7,15H2,1-2H3. The van der Waals surface area contributed by atoms with E-state index >= 15 is 0 Å². The third-order valence-electron chi connectivity index (χ3n) is 3.04. The average Bonchev–Trinajstić information content (AvgIpc) is 2.39. The molecule has 0 bridgehead atoms. The van der Waals surface area contributed by atoms with Gasteiger partial charge in [-0.05, 0) is 31.4 Å². The Morgan fingerprint density at radius 2 is 1.94 bits per heavy atom. The Kier molecular flexibility index (Phi) is 4.02. The first kappa shape index (κ1) is 12.7. The normalized spacial score (nSPS) is 12.4. The largest absolute Gasteiger partial charge is 0.271 e. The molecular formula is C14H18N4. The fourth-order valence-corrected chi connectivity index (χ4v) is 1.89. The minimum Gasteiger partial charge on any atom is -0.271 e. The lowest BCUT2D eigenvalue weighted by atomic mass is 10.00. The summed E-state index contributed by atoms with van der Waals surface area (Å²) in [4.78, 5) is 8.62. The second-order valence-electron chi connectivity index (χ2n) is 4.43. The van der Waals surface area contributed by atoms with E-state index in [4.69, 9.17) is 5.84 Å². The van der Waals surface area contributed by atoms with Gasteiger partial charge in [0.05, 0.1) is 23.6 Å². The summed E-state index contributed by atoms with van der Waals surface area (Å²) in [6, 6.07) is 8.27. The molecule has 0 spiro atoms.